The van der Waals surface area contributed by atoms with E-state index < -0.39 is 11.9 Å². The Morgan fingerprint density at radius 2 is 2.45 bits per heavy atom. The van der Waals surface area contributed by atoms with Gasteiger partial charge >= 0.3 is 5.97 Å². The Bertz CT molecular complexity index is 190. The summed E-state index contributed by atoms with van der Waals surface area (Å²) in [6.45, 7) is 1.61. The third-order valence-corrected chi connectivity index (χ3v) is 2.02. The number of hydrogen-bond acceptors (Lipinski definition) is 2. The molecule has 0 saturated carbocycles. The summed E-state index contributed by atoms with van der Waals surface area (Å²) in [7, 11) is 0. The monoisotopic (exact) mass is 157 g/mol. The van der Waals surface area contributed by atoms with E-state index in [0.717, 1.165) is 0 Å². The summed E-state index contributed by atoms with van der Waals surface area (Å²) >= 11 is 0. The lowest BCUT2D eigenvalue weighted by Gasteiger charge is -2.13. The maximum Gasteiger partial charge on any atom is 0.308 e. The van der Waals surface area contributed by atoms with Gasteiger partial charge in [-0.05, 0) is 13.3 Å². The van der Waals surface area contributed by atoms with Crippen molar-refractivity contribution in [2.24, 2.45) is 5.92 Å². The molecule has 1 fully saturated rings. The van der Waals surface area contributed by atoms with Crippen LogP contribution >= 0.6 is 0 Å². The average Bonchev–Trinajstić information content (AvgIpc) is 2.34. The molecule has 0 aromatic heterocycles. The normalized spacial score (nSPS) is 26.3. The second-order valence-corrected chi connectivity index (χ2v) is 2.84. The molecule has 2 N–H and O–H groups in total. The van der Waals surface area contributed by atoms with Crippen molar-refractivity contribution in [2.45, 2.75) is 25.8 Å². The molecule has 62 valence electrons. The molecule has 0 bridgehead atoms. The molecule has 1 saturated heterocycles. The highest BCUT2D eigenvalue weighted by Gasteiger charge is 2.29. The lowest BCUT2D eigenvalue weighted by molar-refractivity contribution is -0.142. The number of carbonyl (C=O) groups excluding carboxylic acids is 1. The minimum Gasteiger partial charge on any atom is -0.481 e. The first-order chi connectivity index (χ1) is 5.11. The third kappa shape index (κ3) is 1.69. The van der Waals surface area contributed by atoms with Crippen molar-refractivity contribution in [1.82, 2.24) is 5.32 Å². The van der Waals surface area contributed by atoms with Gasteiger partial charge in [-0.3, -0.25) is 9.59 Å². The Labute approximate surface area is 64.6 Å². The highest BCUT2D eigenvalue weighted by Crippen LogP contribution is 2.15. The van der Waals surface area contributed by atoms with Crippen LogP contribution in [0.15, 0.2) is 0 Å². The summed E-state index contributed by atoms with van der Waals surface area (Å²) in [6, 6.07) is -0.167. The molecule has 1 amide bonds. The van der Waals surface area contributed by atoms with E-state index in [-0.39, 0.29) is 11.9 Å². The highest BCUT2D eigenvalue weighted by atomic mass is 16.4. The number of rotatable bonds is 2. The van der Waals surface area contributed by atoms with E-state index in [1.807, 2.05) is 0 Å². The average molecular weight is 157 g/mol. The molecule has 1 aliphatic heterocycles. The van der Waals surface area contributed by atoms with Crippen LogP contribution in [0.25, 0.3) is 0 Å². The lowest BCUT2D eigenvalue weighted by Crippen LogP contribution is -2.35. The number of carboxylic acids is 1. The zero-order valence-corrected chi connectivity index (χ0v) is 6.33. The van der Waals surface area contributed by atoms with Crippen LogP contribution in [0.2, 0.25) is 0 Å². The molecule has 2 atom stereocenters. The maximum atomic E-state index is 10.7. The van der Waals surface area contributed by atoms with Crippen molar-refractivity contribution in [3.05, 3.63) is 0 Å². The fourth-order valence-corrected chi connectivity index (χ4v) is 1.18. The Morgan fingerprint density at radius 1 is 1.82 bits per heavy atom. The molecule has 2 unspecified atom stereocenters. The predicted octanol–water partition coefficient (Wildman–Crippen LogP) is -0.0143. The number of carboxylic acid groups (broad SMARTS) is 1. The summed E-state index contributed by atoms with van der Waals surface area (Å²) < 4.78 is 0. The number of hydrogen-bond donors (Lipinski definition) is 2. The van der Waals surface area contributed by atoms with Gasteiger partial charge in [0, 0.05) is 12.5 Å². The van der Waals surface area contributed by atoms with Crippen molar-refractivity contribution < 1.29 is 14.7 Å². The van der Waals surface area contributed by atoms with E-state index in [1.165, 1.54) is 0 Å². The van der Waals surface area contributed by atoms with E-state index in [2.05, 4.69) is 5.32 Å². The molecule has 0 aliphatic carbocycles. The molecule has 1 aliphatic rings. The molecule has 4 heteroatoms. The van der Waals surface area contributed by atoms with E-state index in [1.54, 1.807) is 6.92 Å². The van der Waals surface area contributed by atoms with Gasteiger partial charge in [0.25, 0.3) is 0 Å². The number of amides is 1. The Hall–Kier alpha value is -1.06. The Kier molecular flexibility index (Phi) is 2.12. The fraction of sp³-hybridized carbons (Fsp3) is 0.714. The number of carbonyl (C=O) groups is 2. The summed E-state index contributed by atoms with van der Waals surface area (Å²) in [5.41, 5.74) is 0. The van der Waals surface area contributed by atoms with Crippen LogP contribution in [0, 0.1) is 5.92 Å². The highest BCUT2D eigenvalue weighted by molar-refractivity contribution is 5.80. The molecule has 0 aromatic rings. The lowest BCUT2D eigenvalue weighted by atomic mass is 10.0. The Morgan fingerprint density at radius 3 is 2.82 bits per heavy atom. The van der Waals surface area contributed by atoms with Gasteiger partial charge in [-0.1, -0.05) is 0 Å². The SMILES string of the molecule is CC(C(=O)O)C1CCC(=O)N1. The largest absolute Gasteiger partial charge is 0.481 e. The molecule has 1 heterocycles. The van der Waals surface area contributed by atoms with Crippen LogP contribution in [0.1, 0.15) is 19.8 Å². The molecular weight excluding hydrogens is 146 g/mol. The smallest absolute Gasteiger partial charge is 0.308 e. The van der Waals surface area contributed by atoms with Crippen LogP contribution in [0.3, 0.4) is 0 Å². The van der Waals surface area contributed by atoms with Gasteiger partial charge in [0.15, 0.2) is 0 Å². The van der Waals surface area contributed by atoms with Crippen molar-refractivity contribution in [2.75, 3.05) is 0 Å². The second-order valence-electron chi connectivity index (χ2n) is 2.84. The summed E-state index contributed by atoms with van der Waals surface area (Å²) in [5, 5.41) is 11.2. The molecular formula is C7H11NO3. The van der Waals surface area contributed by atoms with Gasteiger partial charge in [0.1, 0.15) is 0 Å². The second kappa shape index (κ2) is 2.90. The van der Waals surface area contributed by atoms with Gasteiger partial charge in [0.2, 0.25) is 5.91 Å². The third-order valence-electron chi connectivity index (χ3n) is 2.02. The molecule has 0 radical (unpaired) electrons. The molecule has 0 spiro atoms. The first kappa shape index (κ1) is 8.04. The van der Waals surface area contributed by atoms with Crippen molar-refractivity contribution >= 4 is 11.9 Å². The van der Waals surface area contributed by atoms with E-state index >= 15 is 0 Å². The quantitative estimate of drug-likeness (QED) is 0.592. The Balaban J connectivity index is 2.49. The van der Waals surface area contributed by atoms with Gasteiger partial charge in [-0.15, -0.1) is 0 Å². The van der Waals surface area contributed by atoms with Gasteiger partial charge in [0.05, 0.1) is 5.92 Å². The molecule has 1 rings (SSSR count). The zero-order valence-electron chi connectivity index (χ0n) is 6.33. The van der Waals surface area contributed by atoms with Gasteiger partial charge in [-0.25, -0.2) is 0 Å². The topological polar surface area (TPSA) is 66.4 Å². The van der Waals surface area contributed by atoms with Crippen LogP contribution in [0.5, 0.6) is 0 Å². The van der Waals surface area contributed by atoms with E-state index in [0.29, 0.717) is 12.8 Å². The van der Waals surface area contributed by atoms with E-state index in [9.17, 15) is 9.59 Å². The van der Waals surface area contributed by atoms with E-state index in [4.69, 9.17) is 5.11 Å². The zero-order chi connectivity index (χ0) is 8.43. The van der Waals surface area contributed by atoms with Crippen LogP contribution in [-0.4, -0.2) is 23.0 Å². The molecule has 11 heavy (non-hydrogen) atoms. The summed E-state index contributed by atoms with van der Waals surface area (Å²) in [5.74, 6) is -1.36. The molecule has 4 nitrogen and oxygen atoms in total. The van der Waals surface area contributed by atoms with Crippen LogP contribution in [-0.2, 0) is 9.59 Å². The summed E-state index contributed by atoms with van der Waals surface area (Å²) in [6.07, 6.45) is 1.11. The predicted molar refractivity (Wildman–Crippen MR) is 38.0 cm³/mol. The van der Waals surface area contributed by atoms with Gasteiger partial charge in [-0.2, -0.15) is 0 Å². The van der Waals surface area contributed by atoms with Crippen molar-refractivity contribution in [3.63, 3.8) is 0 Å². The standard InChI is InChI=1S/C7H11NO3/c1-4(7(10)11)5-2-3-6(9)8-5/h4-5H,2-3H2,1H3,(H,8,9)(H,10,11). The fourth-order valence-electron chi connectivity index (χ4n) is 1.18. The van der Waals surface area contributed by atoms with Crippen LogP contribution in [0.4, 0.5) is 0 Å². The van der Waals surface area contributed by atoms with Crippen molar-refractivity contribution in [1.29, 1.82) is 0 Å². The summed E-state index contributed by atoms with van der Waals surface area (Å²) in [4.78, 5) is 21.1. The molecule has 0 aromatic carbocycles. The number of nitrogens with one attached hydrogen (secondary N) is 1. The van der Waals surface area contributed by atoms with Crippen molar-refractivity contribution in [3.8, 4) is 0 Å². The van der Waals surface area contributed by atoms with Crippen LogP contribution < -0.4 is 5.32 Å². The van der Waals surface area contributed by atoms with Gasteiger partial charge < -0.3 is 10.4 Å². The minimum absolute atomic E-state index is 0.0388. The number of aliphatic carboxylic acids is 1. The maximum absolute atomic E-state index is 10.7. The first-order valence-electron chi connectivity index (χ1n) is 3.63. The minimum atomic E-state index is -0.850. The first-order valence-corrected chi connectivity index (χ1v) is 3.63.